The average Bonchev–Trinajstić information content (AvgIpc) is 2.97. The van der Waals surface area contributed by atoms with Crippen LogP contribution in [0.1, 0.15) is 47.5 Å². The molecule has 0 radical (unpaired) electrons. The van der Waals surface area contributed by atoms with E-state index in [0.717, 1.165) is 17.3 Å². The summed E-state index contributed by atoms with van der Waals surface area (Å²) in [6, 6.07) is 0.246. The number of oxazole rings is 1. The molecule has 1 aliphatic heterocycles. The van der Waals surface area contributed by atoms with Crippen LogP contribution in [0.3, 0.4) is 0 Å². The Kier molecular flexibility index (Phi) is 3.79. The highest BCUT2D eigenvalue weighted by atomic mass is 16.5. The van der Waals surface area contributed by atoms with E-state index in [2.05, 4.69) is 15.0 Å². The number of ether oxygens (including phenoxy) is 1. The number of carbonyl (C=O) groups excluding carboxylic acids is 1. The zero-order valence-corrected chi connectivity index (χ0v) is 12.9. The molecule has 0 fully saturated rings. The molecule has 0 aliphatic carbocycles. The fourth-order valence-electron chi connectivity index (χ4n) is 2.35. The third-order valence-electron chi connectivity index (χ3n) is 3.58. The van der Waals surface area contributed by atoms with E-state index in [-0.39, 0.29) is 17.8 Å². The lowest BCUT2D eigenvalue weighted by Crippen LogP contribution is -2.35. The highest BCUT2D eigenvalue weighted by Gasteiger charge is 2.27. The molecule has 0 saturated heterocycles. The summed E-state index contributed by atoms with van der Waals surface area (Å²) < 4.78 is 10.6. The summed E-state index contributed by atoms with van der Waals surface area (Å²) in [5.74, 6) is 1.75. The lowest BCUT2D eigenvalue weighted by molar-refractivity contribution is 0.0726. The molecule has 116 valence electrons. The van der Waals surface area contributed by atoms with Crippen molar-refractivity contribution in [3.8, 4) is 6.01 Å². The van der Waals surface area contributed by atoms with Crippen molar-refractivity contribution in [3.63, 3.8) is 0 Å². The summed E-state index contributed by atoms with van der Waals surface area (Å²) in [5.41, 5.74) is 1.29. The minimum Gasteiger partial charge on any atom is -0.467 e. The molecule has 2 aromatic heterocycles. The summed E-state index contributed by atoms with van der Waals surface area (Å²) in [5, 5.41) is 0. The minimum absolute atomic E-state index is 0.109. The van der Waals surface area contributed by atoms with E-state index in [9.17, 15) is 4.79 Å². The molecule has 1 amide bonds. The molecule has 3 rings (SSSR count). The van der Waals surface area contributed by atoms with Crippen LogP contribution in [0.15, 0.2) is 16.8 Å². The molecule has 0 unspecified atom stereocenters. The predicted octanol–water partition coefficient (Wildman–Crippen LogP) is 1.80. The summed E-state index contributed by atoms with van der Waals surface area (Å²) in [7, 11) is 1.49. The molecule has 0 spiro atoms. The number of aromatic nitrogens is 3. The smallest absolute Gasteiger partial charge is 0.316 e. The highest BCUT2D eigenvalue weighted by Crippen LogP contribution is 2.24. The van der Waals surface area contributed by atoms with E-state index < -0.39 is 0 Å². The van der Waals surface area contributed by atoms with Gasteiger partial charge in [-0.25, -0.2) is 15.0 Å². The molecule has 7 nitrogen and oxygen atoms in total. The molecule has 7 heteroatoms. The molecule has 0 bridgehead atoms. The maximum atomic E-state index is 12.5. The van der Waals surface area contributed by atoms with Crippen LogP contribution in [0.2, 0.25) is 0 Å². The number of amides is 1. The van der Waals surface area contributed by atoms with Gasteiger partial charge in [0.2, 0.25) is 0 Å². The molecule has 0 atom stereocenters. The Hall–Kier alpha value is -2.44. The summed E-state index contributed by atoms with van der Waals surface area (Å²) in [6.45, 7) is 5.13. The minimum atomic E-state index is -0.109. The van der Waals surface area contributed by atoms with Crippen LogP contribution in [-0.2, 0) is 13.0 Å². The Bertz CT molecular complexity index is 679. The molecule has 1 aliphatic rings. The van der Waals surface area contributed by atoms with E-state index in [4.69, 9.17) is 9.15 Å². The van der Waals surface area contributed by atoms with E-state index in [1.54, 1.807) is 4.90 Å². The molecule has 3 heterocycles. The second kappa shape index (κ2) is 5.75. The van der Waals surface area contributed by atoms with Crippen LogP contribution < -0.4 is 4.74 Å². The number of carbonyl (C=O) groups is 1. The largest absolute Gasteiger partial charge is 0.467 e. The van der Waals surface area contributed by atoms with Gasteiger partial charge < -0.3 is 14.1 Å². The van der Waals surface area contributed by atoms with Gasteiger partial charge in [-0.05, 0) is 0 Å². The van der Waals surface area contributed by atoms with Gasteiger partial charge in [-0.3, -0.25) is 4.79 Å². The zero-order chi connectivity index (χ0) is 15.7. The maximum absolute atomic E-state index is 12.5. The van der Waals surface area contributed by atoms with Crippen molar-refractivity contribution in [1.82, 2.24) is 19.9 Å². The predicted molar refractivity (Wildman–Crippen MR) is 77.6 cm³/mol. The summed E-state index contributed by atoms with van der Waals surface area (Å²) >= 11 is 0. The first-order valence-corrected chi connectivity index (χ1v) is 7.22. The Balaban J connectivity index is 1.76. The Morgan fingerprint density at radius 2 is 2.09 bits per heavy atom. The number of hydrogen-bond acceptors (Lipinski definition) is 6. The third-order valence-corrected chi connectivity index (χ3v) is 3.58. The molecular formula is C15H18N4O3. The topological polar surface area (TPSA) is 81.4 Å². The Morgan fingerprint density at radius 1 is 1.36 bits per heavy atom. The molecule has 0 N–H and O–H groups in total. The van der Waals surface area contributed by atoms with Gasteiger partial charge in [0.25, 0.3) is 5.91 Å². The Morgan fingerprint density at radius 3 is 2.73 bits per heavy atom. The van der Waals surface area contributed by atoms with Crippen molar-refractivity contribution in [2.45, 2.75) is 32.7 Å². The lowest BCUT2D eigenvalue weighted by atomic mass is 10.1. The lowest BCUT2D eigenvalue weighted by Gasteiger charge is -2.25. The normalized spacial score (nSPS) is 14.1. The SMILES string of the molecule is COc1ncc(C(=O)N2CCc3oc(C(C)C)nc3C2)cn1. The van der Waals surface area contributed by atoms with Crippen LogP contribution in [-0.4, -0.2) is 39.4 Å². The average molecular weight is 302 g/mol. The number of methoxy groups -OCH3 is 1. The van der Waals surface area contributed by atoms with Crippen molar-refractivity contribution >= 4 is 5.91 Å². The zero-order valence-electron chi connectivity index (χ0n) is 12.9. The van der Waals surface area contributed by atoms with Crippen LogP contribution in [0.4, 0.5) is 0 Å². The van der Waals surface area contributed by atoms with Gasteiger partial charge in [0.15, 0.2) is 5.89 Å². The standard InChI is InChI=1S/C15H18N4O3/c1-9(2)13-18-11-8-19(5-4-12(11)22-13)14(20)10-6-16-15(21-3)17-7-10/h6-7,9H,4-5,8H2,1-3H3. The van der Waals surface area contributed by atoms with Gasteiger partial charge >= 0.3 is 6.01 Å². The van der Waals surface area contributed by atoms with Crippen molar-refractivity contribution in [2.24, 2.45) is 0 Å². The fraction of sp³-hybridized carbons (Fsp3) is 0.467. The second-order valence-corrected chi connectivity index (χ2v) is 5.51. The first kappa shape index (κ1) is 14.5. The first-order chi connectivity index (χ1) is 10.6. The van der Waals surface area contributed by atoms with Gasteiger partial charge in [0.1, 0.15) is 11.5 Å². The second-order valence-electron chi connectivity index (χ2n) is 5.51. The van der Waals surface area contributed by atoms with Crippen LogP contribution in [0.5, 0.6) is 6.01 Å². The van der Waals surface area contributed by atoms with Crippen molar-refractivity contribution in [3.05, 3.63) is 35.3 Å². The molecule has 0 saturated carbocycles. The van der Waals surface area contributed by atoms with Gasteiger partial charge in [0.05, 0.1) is 19.2 Å². The quantitative estimate of drug-likeness (QED) is 0.860. The van der Waals surface area contributed by atoms with Crippen molar-refractivity contribution < 1.29 is 13.9 Å². The fourth-order valence-corrected chi connectivity index (χ4v) is 2.35. The number of nitrogens with zero attached hydrogens (tertiary/aromatic N) is 4. The number of hydrogen-bond donors (Lipinski definition) is 0. The van der Waals surface area contributed by atoms with Crippen LogP contribution in [0, 0.1) is 0 Å². The number of fused-ring (bicyclic) bond motifs is 1. The van der Waals surface area contributed by atoms with Gasteiger partial charge in [-0.15, -0.1) is 0 Å². The van der Waals surface area contributed by atoms with Crippen molar-refractivity contribution in [1.29, 1.82) is 0 Å². The van der Waals surface area contributed by atoms with Gasteiger partial charge in [0, 0.05) is 31.3 Å². The number of rotatable bonds is 3. The van der Waals surface area contributed by atoms with Crippen LogP contribution >= 0.6 is 0 Å². The molecular weight excluding hydrogens is 284 g/mol. The summed E-state index contributed by atoms with van der Waals surface area (Å²) in [6.07, 6.45) is 3.63. The molecule has 0 aromatic carbocycles. The van der Waals surface area contributed by atoms with E-state index >= 15 is 0 Å². The first-order valence-electron chi connectivity index (χ1n) is 7.22. The van der Waals surface area contributed by atoms with E-state index in [0.29, 0.717) is 25.1 Å². The van der Waals surface area contributed by atoms with E-state index in [1.165, 1.54) is 19.5 Å². The van der Waals surface area contributed by atoms with Crippen LogP contribution in [0.25, 0.3) is 0 Å². The maximum Gasteiger partial charge on any atom is 0.316 e. The Labute approximate surface area is 128 Å². The third kappa shape index (κ3) is 2.66. The molecule has 2 aromatic rings. The highest BCUT2D eigenvalue weighted by molar-refractivity contribution is 5.93. The summed E-state index contributed by atoms with van der Waals surface area (Å²) in [4.78, 5) is 26.7. The monoisotopic (exact) mass is 302 g/mol. The van der Waals surface area contributed by atoms with E-state index in [1.807, 2.05) is 13.8 Å². The van der Waals surface area contributed by atoms with Gasteiger partial charge in [-0.1, -0.05) is 13.8 Å². The van der Waals surface area contributed by atoms with Crippen molar-refractivity contribution in [2.75, 3.05) is 13.7 Å². The molecule has 22 heavy (non-hydrogen) atoms. The van der Waals surface area contributed by atoms with Gasteiger partial charge in [-0.2, -0.15) is 0 Å².